The van der Waals surface area contributed by atoms with Gasteiger partial charge in [-0.25, -0.2) is 12.7 Å². The molecule has 0 atom stereocenters. The van der Waals surface area contributed by atoms with Crippen LogP contribution < -0.4 is 0 Å². The van der Waals surface area contributed by atoms with Crippen LogP contribution in [0, 0.1) is 13.8 Å². The van der Waals surface area contributed by atoms with E-state index in [9.17, 15) is 13.2 Å². The number of aryl methyl sites for hydroxylation is 1. The average Bonchev–Trinajstić information content (AvgIpc) is 2.58. The minimum atomic E-state index is -3.63. The molecule has 2 rings (SSSR count). The molecule has 0 N–H and O–H groups in total. The number of hydrogen-bond acceptors (Lipinski definition) is 3. The molecule has 0 radical (unpaired) electrons. The first-order chi connectivity index (χ1) is 12.0. The van der Waals surface area contributed by atoms with Crippen molar-refractivity contribution in [2.24, 2.45) is 0 Å². The van der Waals surface area contributed by atoms with Gasteiger partial charge in [0.15, 0.2) is 0 Å². The highest BCUT2D eigenvalue weighted by molar-refractivity contribution is 7.89. The Bertz CT molecular complexity index is 923. The maximum absolute atomic E-state index is 12.8. The second kappa shape index (κ2) is 7.78. The van der Waals surface area contributed by atoms with Crippen molar-refractivity contribution >= 4 is 27.5 Å². The summed E-state index contributed by atoms with van der Waals surface area (Å²) in [5, 5.41) is 0.635. The van der Waals surface area contributed by atoms with E-state index in [1.807, 2.05) is 12.1 Å². The molecule has 0 aromatic heterocycles. The zero-order chi connectivity index (χ0) is 19.6. The van der Waals surface area contributed by atoms with Crippen LogP contribution in [0.25, 0.3) is 0 Å². The van der Waals surface area contributed by atoms with Crippen molar-refractivity contribution < 1.29 is 13.2 Å². The van der Waals surface area contributed by atoms with Crippen LogP contribution in [-0.2, 0) is 16.6 Å². The molecule has 2 aromatic rings. The highest BCUT2D eigenvalue weighted by Gasteiger charge is 2.24. The lowest BCUT2D eigenvalue weighted by Crippen LogP contribution is -2.28. The number of benzene rings is 2. The molecule has 1 amide bonds. The van der Waals surface area contributed by atoms with Crippen LogP contribution in [0.15, 0.2) is 41.3 Å². The Morgan fingerprint density at radius 2 is 1.62 bits per heavy atom. The molecule has 0 saturated heterocycles. The molecule has 0 bridgehead atoms. The van der Waals surface area contributed by atoms with E-state index in [1.165, 1.54) is 20.2 Å². The van der Waals surface area contributed by atoms with Crippen LogP contribution in [0.3, 0.4) is 0 Å². The van der Waals surface area contributed by atoms with E-state index in [-0.39, 0.29) is 10.8 Å². The second-order valence-corrected chi connectivity index (χ2v) is 9.05. The SMILES string of the molecule is Cc1cc(C(=O)N(C)Cc2ccc(Cl)cc2)cc(S(=O)(=O)N(C)C)c1C. The first-order valence-electron chi connectivity index (χ1n) is 8.07. The summed E-state index contributed by atoms with van der Waals surface area (Å²) in [7, 11) is 1.01. The fraction of sp³-hybridized carbons (Fsp3) is 0.316. The molecular formula is C19H23ClN2O3S. The van der Waals surface area contributed by atoms with Crippen LogP contribution in [-0.4, -0.2) is 44.7 Å². The lowest BCUT2D eigenvalue weighted by atomic mass is 10.1. The third-order valence-corrected chi connectivity index (χ3v) is 6.50. The van der Waals surface area contributed by atoms with Crippen LogP contribution in [0.4, 0.5) is 0 Å². The Hall–Kier alpha value is -1.89. The van der Waals surface area contributed by atoms with Crippen molar-refractivity contribution in [3.63, 3.8) is 0 Å². The van der Waals surface area contributed by atoms with Gasteiger partial charge in [0, 0.05) is 38.3 Å². The van der Waals surface area contributed by atoms with Crippen LogP contribution in [0.1, 0.15) is 27.0 Å². The Labute approximate surface area is 160 Å². The lowest BCUT2D eigenvalue weighted by Gasteiger charge is -2.20. The fourth-order valence-electron chi connectivity index (χ4n) is 2.57. The van der Waals surface area contributed by atoms with Gasteiger partial charge < -0.3 is 4.90 Å². The molecule has 0 aliphatic heterocycles. The van der Waals surface area contributed by atoms with Gasteiger partial charge in [0.25, 0.3) is 5.91 Å². The zero-order valence-electron chi connectivity index (χ0n) is 15.6. The molecule has 26 heavy (non-hydrogen) atoms. The molecule has 0 fully saturated rings. The highest BCUT2D eigenvalue weighted by atomic mass is 35.5. The summed E-state index contributed by atoms with van der Waals surface area (Å²) in [5.74, 6) is -0.238. The quantitative estimate of drug-likeness (QED) is 0.780. The van der Waals surface area contributed by atoms with Crippen molar-refractivity contribution in [3.05, 3.63) is 63.7 Å². The number of rotatable bonds is 5. The third-order valence-electron chi connectivity index (χ3n) is 4.30. The minimum Gasteiger partial charge on any atom is -0.337 e. The van der Waals surface area contributed by atoms with Crippen LogP contribution in [0.5, 0.6) is 0 Å². The van der Waals surface area contributed by atoms with E-state index in [2.05, 4.69) is 0 Å². The molecule has 0 aliphatic carbocycles. The number of halogens is 1. The molecule has 0 aliphatic rings. The Kier molecular flexibility index (Phi) is 6.11. The fourth-order valence-corrected chi connectivity index (χ4v) is 3.91. The second-order valence-electron chi connectivity index (χ2n) is 6.49. The predicted octanol–water partition coefficient (Wildman–Crippen LogP) is 3.48. The topological polar surface area (TPSA) is 57.7 Å². The first-order valence-corrected chi connectivity index (χ1v) is 9.89. The minimum absolute atomic E-state index is 0.158. The maximum atomic E-state index is 12.8. The Balaban J connectivity index is 2.37. The van der Waals surface area contributed by atoms with Gasteiger partial charge in [-0.3, -0.25) is 4.79 Å². The summed E-state index contributed by atoms with van der Waals surface area (Å²) in [6, 6.07) is 10.4. The van der Waals surface area contributed by atoms with E-state index in [0.717, 1.165) is 15.4 Å². The number of carbonyl (C=O) groups is 1. The molecule has 7 heteroatoms. The monoisotopic (exact) mass is 394 g/mol. The summed E-state index contributed by atoms with van der Waals surface area (Å²) in [5.41, 5.74) is 2.70. The average molecular weight is 395 g/mol. The predicted molar refractivity (Wildman–Crippen MR) is 104 cm³/mol. The summed E-state index contributed by atoms with van der Waals surface area (Å²) in [6.07, 6.45) is 0. The van der Waals surface area contributed by atoms with Crippen molar-refractivity contribution in [3.8, 4) is 0 Å². The van der Waals surface area contributed by atoms with Crippen LogP contribution in [0.2, 0.25) is 5.02 Å². The van der Waals surface area contributed by atoms with Crippen molar-refractivity contribution in [2.75, 3.05) is 21.1 Å². The summed E-state index contributed by atoms with van der Waals surface area (Å²) in [4.78, 5) is 14.5. The molecule has 2 aromatic carbocycles. The maximum Gasteiger partial charge on any atom is 0.253 e. The number of sulfonamides is 1. The lowest BCUT2D eigenvalue weighted by molar-refractivity contribution is 0.0784. The largest absolute Gasteiger partial charge is 0.337 e. The molecular weight excluding hydrogens is 372 g/mol. The van der Waals surface area contributed by atoms with Crippen molar-refractivity contribution in [2.45, 2.75) is 25.3 Å². The van der Waals surface area contributed by atoms with Crippen molar-refractivity contribution in [1.29, 1.82) is 0 Å². The van der Waals surface area contributed by atoms with Crippen LogP contribution >= 0.6 is 11.6 Å². The van der Waals surface area contributed by atoms with E-state index in [1.54, 1.807) is 44.0 Å². The van der Waals surface area contributed by atoms with E-state index in [4.69, 9.17) is 11.6 Å². The molecule has 0 heterocycles. The van der Waals surface area contributed by atoms with Gasteiger partial charge in [-0.05, 0) is 54.8 Å². The van der Waals surface area contributed by atoms with E-state index < -0.39 is 10.0 Å². The molecule has 5 nitrogen and oxygen atoms in total. The summed E-state index contributed by atoms with van der Waals surface area (Å²) >= 11 is 5.88. The summed E-state index contributed by atoms with van der Waals surface area (Å²) < 4.78 is 26.3. The number of amides is 1. The van der Waals surface area contributed by atoms with Crippen molar-refractivity contribution in [1.82, 2.24) is 9.21 Å². The normalized spacial score (nSPS) is 11.7. The number of hydrogen-bond donors (Lipinski definition) is 0. The smallest absolute Gasteiger partial charge is 0.253 e. The van der Waals surface area contributed by atoms with Gasteiger partial charge >= 0.3 is 0 Å². The number of carbonyl (C=O) groups excluding carboxylic acids is 1. The molecule has 0 spiro atoms. The third kappa shape index (κ3) is 4.26. The first kappa shape index (κ1) is 20.4. The Morgan fingerprint density at radius 1 is 1.04 bits per heavy atom. The van der Waals surface area contributed by atoms with Gasteiger partial charge in [-0.1, -0.05) is 23.7 Å². The zero-order valence-corrected chi connectivity index (χ0v) is 17.1. The molecule has 0 unspecified atom stereocenters. The van der Waals surface area contributed by atoms with E-state index in [0.29, 0.717) is 22.7 Å². The Morgan fingerprint density at radius 3 is 2.15 bits per heavy atom. The molecule has 0 saturated carbocycles. The van der Waals surface area contributed by atoms with Gasteiger partial charge in [0.05, 0.1) is 4.90 Å². The standard InChI is InChI=1S/C19H23ClN2O3S/c1-13-10-16(11-18(14(13)2)26(24,25)21(3)4)19(23)22(5)12-15-6-8-17(20)9-7-15/h6-11H,12H2,1-5H3. The van der Waals surface area contributed by atoms with Gasteiger partial charge in [0.1, 0.15) is 0 Å². The van der Waals surface area contributed by atoms with Gasteiger partial charge in [-0.15, -0.1) is 0 Å². The van der Waals surface area contributed by atoms with E-state index >= 15 is 0 Å². The van der Waals surface area contributed by atoms with Gasteiger partial charge in [0.2, 0.25) is 10.0 Å². The highest BCUT2D eigenvalue weighted by Crippen LogP contribution is 2.24. The number of nitrogens with zero attached hydrogens (tertiary/aromatic N) is 2. The molecule has 140 valence electrons. The summed E-state index contributed by atoms with van der Waals surface area (Å²) in [6.45, 7) is 3.95. The van der Waals surface area contributed by atoms with Gasteiger partial charge in [-0.2, -0.15) is 0 Å².